The van der Waals surface area contributed by atoms with Crippen molar-refractivity contribution in [2.45, 2.75) is 0 Å². The molecule has 0 bridgehead atoms. The van der Waals surface area contributed by atoms with Crippen LogP contribution in [0.15, 0.2) is 18.2 Å². The molecule has 7 heteroatoms. The molecule has 0 aliphatic heterocycles. The maximum atomic E-state index is 13.2. The van der Waals surface area contributed by atoms with Gasteiger partial charge in [-0.05, 0) is 12.1 Å². The first-order valence-electron chi connectivity index (χ1n) is 4.52. The van der Waals surface area contributed by atoms with Crippen LogP contribution in [0.25, 0.3) is 0 Å². The van der Waals surface area contributed by atoms with Crippen LogP contribution in [0, 0.1) is 5.82 Å². The van der Waals surface area contributed by atoms with Crippen molar-refractivity contribution in [1.82, 2.24) is 0 Å². The van der Waals surface area contributed by atoms with Crippen LogP contribution in [-0.4, -0.2) is 27.8 Å². The second-order valence-corrected chi connectivity index (χ2v) is 4.90. The number of ether oxygens (including phenoxy) is 1. The van der Waals surface area contributed by atoms with Crippen molar-refractivity contribution in [3.05, 3.63) is 24.0 Å². The summed E-state index contributed by atoms with van der Waals surface area (Å²) in [6.45, 7) is 0.00791. The maximum Gasteiger partial charge on any atom is 0.233 e. The topological polar surface area (TPSA) is 81.4 Å². The minimum atomic E-state index is -3.50. The zero-order valence-electron chi connectivity index (χ0n) is 8.73. The highest BCUT2D eigenvalue weighted by Crippen LogP contribution is 2.21. The molecule has 3 N–H and O–H groups in total. The Balaban J connectivity index is 2.87. The Kier molecular flexibility index (Phi) is 4.08. The molecule has 0 unspecified atom stereocenters. The molecule has 0 spiro atoms. The summed E-state index contributed by atoms with van der Waals surface area (Å²) in [6, 6.07) is 3.80. The molecule has 0 radical (unpaired) electrons. The molecular formula is C9H13FN2O3S. The van der Waals surface area contributed by atoms with Gasteiger partial charge in [0.15, 0.2) is 11.6 Å². The van der Waals surface area contributed by atoms with Crippen molar-refractivity contribution in [1.29, 1.82) is 0 Å². The van der Waals surface area contributed by atoms with Crippen molar-refractivity contribution >= 4 is 15.7 Å². The first-order chi connectivity index (χ1) is 7.48. The van der Waals surface area contributed by atoms with Crippen LogP contribution in [-0.2, 0) is 10.0 Å². The van der Waals surface area contributed by atoms with E-state index in [4.69, 9.17) is 10.5 Å². The van der Waals surface area contributed by atoms with E-state index in [9.17, 15) is 12.8 Å². The lowest BCUT2D eigenvalue weighted by molar-refractivity contribution is 0.386. The Morgan fingerprint density at radius 3 is 2.69 bits per heavy atom. The van der Waals surface area contributed by atoms with Gasteiger partial charge >= 0.3 is 0 Å². The minimum absolute atomic E-state index is 0.00791. The van der Waals surface area contributed by atoms with E-state index >= 15 is 0 Å². The number of benzene rings is 1. The predicted octanol–water partition coefficient (Wildman–Crippen LogP) is 0.535. The molecule has 0 heterocycles. The van der Waals surface area contributed by atoms with Crippen LogP contribution < -0.4 is 15.2 Å². The molecule has 5 nitrogen and oxygen atoms in total. The van der Waals surface area contributed by atoms with E-state index in [1.54, 1.807) is 0 Å². The average molecular weight is 248 g/mol. The second-order valence-electron chi connectivity index (χ2n) is 3.06. The van der Waals surface area contributed by atoms with E-state index in [0.29, 0.717) is 0 Å². The standard InChI is InChI=1S/C9H13FN2O3S/c1-15-9-3-2-7(6-8(9)10)12-16(13,14)5-4-11/h2-3,6,12H,4-5,11H2,1H3. The smallest absolute Gasteiger partial charge is 0.233 e. The fraction of sp³-hybridized carbons (Fsp3) is 0.333. The highest BCUT2D eigenvalue weighted by molar-refractivity contribution is 7.92. The number of methoxy groups -OCH3 is 1. The normalized spacial score (nSPS) is 11.2. The maximum absolute atomic E-state index is 13.2. The second kappa shape index (κ2) is 5.13. The summed E-state index contributed by atoms with van der Waals surface area (Å²) < 4.78 is 42.8. The molecule has 0 saturated carbocycles. The molecule has 0 aromatic heterocycles. The number of nitrogens with one attached hydrogen (secondary N) is 1. The third-order valence-electron chi connectivity index (χ3n) is 1.81. The molecule has 0 saturated heterocycles. The number of hydrogen-bond donors (Lipinski definition) is 2. The van der Waals surface area contributed by atoms with E-state index in [-0.39, 0.29) is 23.7 Å². The minimum Gasteiger partial charge on any atom is -0.494 e. The van der Waals surface area contributed by atoms with Gasteiger partial charge in [-0.25, -0.2) is 12.8 Å². The molecule has 0 atom stereocenters. The zero-order chi connectivity index (χ0) is 12.2. The van der Waals surface area contributed by atoms with Crippen molar-refractivity contribution in [3.63, 3.8) is 0 Å². The highest BCUT2D eigenvalue weighted by atomic mass is 32.2. The summed E-state index contributed by atoms with van der Waals surface area (Å²) in [5, 5.41) is 0. The van der Waals surface area contributed by atoms with Crippen LogP contribution in [0.5, 0.6) is 5.75 Å². The summed E-state index contributed by atoms with van der Waals surface area (Å²) in [6.07, 6.45) is 0. The van der Waals surface area contributed by atoms with Crippen molar-refractivity contribution in [2.75, 3.05) is 24.1 Å². The number of anilines is 1. The van der Waals surface area contributed by atoms with Crippen LogP contribution >= 0.6 is 0 Å². The summed E-state index contributed by atoms with van der Waals surface area (Å²) in [5.74, 6) is -0.780. The van der Waals surface area contributed by atoms with Gasteiger partial charge in [-0.3, -0.25) is 4.72 Å². The first-order valence-corrected chi connectivity index (χ1v) is 6.18. The van der Waals surface area contributed by atoms with Crippen LogP contribution in [0.1, 0.15) is 0 Å². The molecule has 16 heavy (non-hydrogen) atoms. The average Bonchev–Trinajstić information content (AvgIpc) is 2.17. The van der Waals surface area contributed by atoms with Gasteiger partial charge in [0.1, 0.15) is 0 Å². The summed E-state index contributed by atoms with van der Waals surface area (Å²) in [4.78, 5) is 0. The van der Waals surface area contributed by atoms with Crippen molar-refractivity contribution in [2.24, 2.45) is 5.73 Å². The van der Waals surface area contributed by atoms with Gasteiger partial charge < -0.3 is 10.5 Å². The number of rotatable bonds is 5. The third-order valence-corrected chi connectivity index (χ3v) is 3.13. The van der Waals surface area contributed by atoms with Gasteiger partial charge in [-0.15, -0.1) is 0 Å². The van der Waals surface area contributed by atoms with Gasteiger partial charge in [-0.2, -0.15) is 0 Å². The summed E-state index contributed by atoms with van der Waals surface area (Å²) in [7, 11) is -2.17. The predicted molar refractivity (Wildman–Crippen MR) is 59.4 cm³/mol. The quantitative estimate of drug-likeness (QED) is 0.796. The fourth-order valence-corrected chi connectivity index (χ4v) is 2.01. The van der Waals surface area contributed by atoms with Gasteiger partial charge in [0, 0.05) is 12.6 Å². The molecule has 0 amide bonds. The van der Waals surface area contributed by atoms with E-state index in [0.717, 1.165) is 6.07 Å². The first kappa shape index (κ1) is 12.7. The Hall–Kier alpha value is -1.34. The molecule has 0 aliphatic carbocycles. The largest absolute Gasteiger partial charge is 0.494 e. The van der Waals surface area contributed by atoms with E-state index in [2.05, 4.69) is 4.72 Å². The number of halogens is 1. The molecule has 1 aromatic carbocycles. The Morgan fingerprint density at radius 2 is 2.19 bits per heavy atom. The molecule has 0 aliphatic rings. The number of nitrogens with two attached hydrogens (primary N) is 1. The Bertz CT molecular complexity index is 462. The van der Waals surface area contributed by atoms with E-state index in [1.807, 2.05) is 0 Å². The lowest BCUT2D eigenvalue weighted by Crippen LogP contribution is -2.22. The van der Waals surface area contributed by atoms with Crippen molar-refractivity contribution < 1.29 is 17.5 Å². The SMILES string of the molecule is COc1ccc(NS(=O)(=O)CCN)cc1F. The van der Waals surface area contributed by atoms with E-state index < -0.39 is 15.8 Å². The Morgan fingerprint density at radius 1 is 1.50 bits per heavy atom. The molecule has 1 rings (SSSR count). The lowest BCUT2D eigenvalue weighted by Gasteiger charge is -2.08. The zero-order valence-corrected chi connectivity index (χ0v) is 9.55. The van der Waals surface area contributed by atoms with Gasteiger partial charge in [0.2, 0.25) is 10.0 Å². The van der Waals surface area contributed by atoms with Crippen LogP contribution in [0.4, 0.5) is 10.1 Å². The number of sulfonamides is 1. The lowest BCUT2D eigenvalue weighted by atomic mass is 10.3. The van der Waals surface area contributed by atoms with Crippen LogP contribution in [0.2, 0.25) is 0 Å². The monoisotopic (exact) mass is 248 g/mol. The molecule has 0 fully saturated rings. The third kappa shape index (κ3) is 3.35. The van der Waals surface area contributed by atoms with Crippen molar-refractivity contribution in [3.8, 4) is 5.75 Å². The fourth-order valence-electron chi connectivity index (χ4n) is 1.12. The van der Waals surface area contributed by atoms with Gasteiger partial charge in [0.25, 0.3) is 0 Å². The highest BCUT2D eigenvalue weighted by Gasteiger charge is 2.10. The molecule has 1 aromatic rings. The summed E-state index contributed by atoms with van der Waals surface area (Å²) in [5.41, 5.74) is 5.28. The molecule has 90 valence electrons. The van der Waals surface area contributed by atoms with Gasteiger partial charge in [-0.1, -0.05) is 0 Å². The molecular weight excluding hydrogens is 235 g/mol. The summed E-state index contributed by atoms with van der Waals surface area (Å²) >= 11 is 0. The van der Waals surface area contributed by atoms with Crippen LogP contribution in [0.3, 0.4) is 0 Å². The Labute approximate surface area is 93.5 Å². The van der Waals surface area contributed by atoms with E-state index in [1.165, 1.54) is 19.2 Å². The number of hydrogen-bond acceptors (Lipinski definition) is 4. The van der Waals surface area contributed by atoms with Gasteiger partial charge in [0.05, 0.1) is 18.6 Å².